The fourth-order valence-corrected chi connectivity index (χ4v) is 6.43. The molecule has 3 N–H and O–H groups in total. The quantitative estimate of drug-likeness (QED) is 0.327. The van der Waals surface area contributed by atoms with Crippen molar-refractivity contribution >= 4 is 39.1 Å². The molecular weight excluding hydrogens is 454 g/mol. The Morgan fingerprint density at radius 2 is 1.91 bits per heavy atom. The van der Waals surface area contributed by atoms with Gasteiger partial charge in [0, 0.05) is 15.8 Å². The van der Waals surface area contributed by atoms with E-state index in [1.807, 2.05) is 61.5 Å². The number of amides is 2. The molecule has 0 saturated heterocycles. The first-order valence-electron chi connectivity index (χ1n) is 12.2. The van der Waals surface area contributed by atoms with Gasteiger partial charge < -0.3 is 11.1 Å². The van der Waals surface area contributed by atoms with Crippen molar-refractivity contribution in [2.45, 2.75) is 46.0 Å². The van der Waals surface area contributed by atoms with Crippen LogP contribution in [0.15, 0.2) is 54.6 Å². The summed E-state index contributed by atoms with van der Waals surface area (Å²) in [4.78, 5) is 32.0. The fourth-order valence-electron chi connectivity index (χ4n) is 5.06. The molecule has 1 aliphatic rings. The monoisotopic (exact) mass is 483 g/mol. The standard InChI is InChI=1S/C29H29N3O2S/c1-3-6-18-11-14-21-25(15-18)35-29(26(21)27(30)33)32-28(34)22-16-24(19-12-9-17(2)10-13-19)31-23-8-5-4-7-20(22)23/h4-5,7-10,12-13,16,18H,3,6,11,14-15H2,1-2H3,(H2,30,33)(H,32,34). The highest BCUT2D eigenvalue weighted by Crippen LogP contribution is 2.41. The Hall–Kier alpha value is -3.51. The van der Waals surface area contributed by atoms with E-state index in [1.165, 1.54) is 22.6 Å². The molecule has 2 amide bonds. The van der Waals surface area contributed by atoms with Gasteiger partial charge in [-0.2, -0.15) is 0 Å². The third-order valence-corrected chi connectivity index (χ3v) is 8.02. The minimum Gasteiger partial charge on any atom is -0.365 e. The van der Waals surface area contributed by atoms with Gasteiger partial charge in [-0.3, -0.25) is 9.59 Å². The number of anilines is 1. The van der Waals surface area contributed by atoms with Crippen LogP contribution in [0.3, 0.4) is 0 Å². The second kappa shape index (κ2) is 9.62. The highest BCUT2D eigenvalue weighted by atomic mass is 32.1. The number of carbonyl (C=O) groups is 2. The predicted octanol–water partition coefficient (Wildman–Crippen LogP) is 6.53. The molecule has 0 fully saturated rings. The number of nitrogens with two attached hydrogens (primary N) is 1. The second-order valence-electron chi connectivity index (χ2n) is 9.36. The molecule has 0 radical (unpaired) electrons. The van der Waals surface area contributed by atoms with Crippen molar-refractivity contribution in [3.8, 4) is 11.3 Å². The van der Waals surface area contributed by atoms with E-state index >= 15 is 0 Å². The van der Waals surface area contributed by atoms with E-state index in [0.717, 1.165) is 59.0 Å². The lowest BCUT2D eigenvalue weighted by Crippen LogP contribution is -2.20. The van der Waals surface area contributed by atoms with Crippen molar-refractivity contribution in [1.82, 2.24) is 4.98 Å². The molecule has 5 nitrogen and oxygen atoms in total. The molecule has 35 heavy (non-hydrogen) atoms. The van der Waals surface area contributed by atoms with Crippen LogP contribution in [0.5, 0.6) is 0 Å². The third-order valence-electron chi connectivity index (χ3n) is 6.85. The lowest BCUT2D eigenvalue weighted by atomic mass is 9.84. The number of nitrogens with zero attached hydrogens (tertiary/aromatic N) is 1. The zero-order chi connectivity index (χ0) is 24.5. The van der Waals surface area contributed by atoms with Crippen LogP contribution in [0.1, 0.15) is 62.9 Å². The van der Waals surface area contributed by atoms with Gasteiger partial charge in [0.25, 0.3) is 11.8 Å². The van der Waals surface area contributed by atoms with Gasteiger partial charge >= 0.3 is 0 Å². The summed E-state index contributed by atoms with van der Waals surface area (Å²) < 4.78 is 0. The number of pyridine rings is 1. The van der Waals surface area contributed by atoms with Crippen molar-refractivity contribution in [2.24, 2.45) is 11.7 Å². The summed E-state index contributed by atoms with van der Waals surface area (Å²) in [5.74, 6) is -0.119. The van der Waals surface area contributed by atoms with Crippen molar-refractivity contribution in [3.63, 3.8) is 0 Å². The van der Waals surface area contributed by atoms with Gasteiger partial charge in [0.05, 0.1) is 22.3 Å². The summed E-state index contributed by atoms with van der Waals surface area (Å²) in [6.45, 7) is 4.24. The van der Waals surface area contributed by atoms with E-state index in [4.69, 9.17) is 10.7 Å². The molecular formula is C29H29N3O2S. The minimum absolute atomic E-state index is 0.261. The summed E-state index contributed by atoms with van der Waals surface area (Å²) in [5, 5.41) is 4.37. The molecule has 0 bridgehead atoms. The first-order chi connectivity index (χ1) is 16.9. The number of aryl methyl sites for hydroxylation is 1. The lowest BCUT2D eigenvalue weighted by molar-refractivity contribution is 0.1000. The average molecular weight is 484 g/mol. The third kappa shape index (κ3) is 4.58. The maximum absolute atomic E-state index is 13.6. The SMILES string of the molecule is CCCC1CCc2c(sc(NC(=O)c3cc(-c4ccc(C)cc4)nc4ccccc34)c2C(N)=O)C1. The number of nitrogens with one attached hydrogen (secondary N) is 1. The van der Waals surface area contributed by atoms with Crippen LogP contribution in [-0.2, 0) is 12.8 Å². The van der Waals surface area contributed by atoms with Gasteiger partial charge in [-0.1, -0.05) is 67.8 Å². The number of benzene rings is 2. The van der Waals surface area contributed by atoms with E-state index < -0.39 is 5.91 Å². The summed E-state index contributed by atoms with van der Waals surface area (Å²) in [5.41, 5.74) is 11.4. The number of aromatic nitrogens is 1. The van der Waals surface area contributed by atoms with Crippen LogP contribution >= 0.6 is 11.3 Å². The lowest BCUT2D eigenvalue weighted by Gasteiger charge is -2.21. The Labute approximate surface area is 209 Å². The zero-order valence-corrected chi connectivity index (χ0v) is 20.9. The van der Waals surface area contributed by atoms with E-state index in [1.54, 1.807) is 0 Å². The van der Waals surface area contributed by atoms with Crippen LogP contribution in [-0.4, -0.2) is 16.8 Å². The zero-order valence-electron chi connectivity index (χ0n) is 20.1. The maximum atomic E-state index is 13.6. The number of carbonyl (C=O) groups excluding carboxylic acids is 2. The molecule has 1 unspecified atom stereocenters. The normalized spacial score (nSPS) is 15.1. The summed E-state index contributed by atoms with van der Waals surface area (Å²) in [7, 11) is 0. The van der Waals surface area contributed by atoms with Gasteiger partial charge in [-0.05, 0) is 49.8 Å². The molecule has 2 aromatic carbocycles. The fraction of sp³-hybridized carbons (Fsp3) is 0.276. The minimum atomic E-state index is -0.480. The van der Waals surface area contributed by atoms with E-state index in [-0.39, 0.29) is 5.91 Å². The van der Waals surface area contributed by atoms with Crippen LogP contribution in [0.2, 0.25) is 0 Å². The molecule has 5 rings (SSSR count). The number of hydrogen-bond donors (Lipinski definition) is 2. The number of fused-ring (bicyclic) bond motifs is 2. The smallest absolute Gasteiger partial charge is 0.257 e. The molecule has 0 saturated carbocycles. The topological polar surface area (TPSA) is 85.1 Å². The Bertz CT molecular complexity index is 1420. The number of hydrogen-bond acceptors (Lipinski definition) is 4. The summed E-state index contributed by atoms with van der Waals surface area (Å²) >= 11 is 1.50. The average Bonchev–Trinajstić information content (AvgIpc) is 3.21. The Morgan fingerprint density at radius 1 is 1.14 bits per heavy atom. The molecule has 1 atom stereocenters. The van der Waals surface area contributed by atoms with Crippen LogP contribution in [0, 0.1) is 12.8 Å². The van der Waals surface area contributed by atoms with E-state index in [0.29, 0.717) is 22.0 Å². The Morgan fingerprint density at radius 3 is 2.66 bits per heavy atom. The van der Waals surface area contributed by atoms with Gasteiger partial charge in [-0.15, -0.1) is 11.3 Å². The molecule has 0 aliphatic heterocycles. The highest BCUT2D eigenvalue weighted by Gasteiger charge is 2.29. The highest BCUT2D eigenvalue weighted by molar-refractivity contribution is 7.17. The van der Waals surface area contributed by atoms with Crippen molar-refractivity contribution < 1.29 is 9.59 Å². The van der Waals surface area contributed by atoms with E-state index in [2.05, 4.69) is 12.2 Å². The molecule has 4 aromatic rings. The number of rotatable bonds is 6. The van der Waals surface area contributed by atoms with Crippen LogP contribution in [0.4, 0.5) is 5.00 Å². The Kier molecular flexibility index (Phi) is 6.39. The Balaban J connectivity index is 1.54. The molecule has 2 heterocycles. The number of primary amides is 1. The van der Waals surface area contributed by atoms with Gasteiger partial charge in [0.1, 0.15) is 5.00 Å². The van der Waals surface area contributed by atoms with Crippen molar-refractivity contribution in [2.75, 3.05) is 5.32 Å². The number of para-hydroxylation sites is 1. The van der Waals surface area contributed by atoms with Crippen molar-refractivity contribution in [1.29, 1.82) is 0 Å². The van der Waals surface area contributed by atoms with Crippen molar-refractivity contribution in [3.05, 3.63) is 81.7 Å². The number of thiophene rings is 1. The van der Waals surface area contributed by atoms with Crippen LogP contribution in [0.25, 0.3) is 22.2 Å². The molecule has 2 aromatic heterocycles. The predicted molar refractivity (Wildman–Crippen MR) is 143 cm³/mol. The summed E-state index contributed by atoms with van der Waals surface area (Å²) in [6, 6.07) is 17.6. The largest absolute Gasteiger partial charge is 0.365 e. The summed E-state index contributed by atoms with van der Waals surface area (Å²) in [6.07, 6.45) is 5.16. The second-order valence-corrected chi connectivity index (χ2v) is 10.5. The van der Waals surface area contributed by atoms with E-state index in [9.17, 15) is 9.59 Å². The molecule has 6 heteroatoms. The first kappa shape index (κ1) is 23.2. The van der Waals surface area contributed by atoms with Crippen LogP contribution < -0.4 is 11.1 Å². The molecule has 0 spiro atoms. The van der Waals surface area contributed by atoms with Gasteiger partial charge in [0.2, 0.25) is 0 Å². The first-order valence-corrected chi connectivity index (χ1v) is 13.0. The maximum Gasteiger partial charge on any atom is 0.257 e. The van der Waals surface area contributed by atoms with Gasteiger partial charge in [-0.25, -0.2) is 4.98 Å². The van der Waals surface area contributed by atoms with Gasteiger partial charge in [0.15, 0.2) is 0 Å². The molecule has 1 aliphatic carbocycles. The molecule has 178 valence electrons.